The third kappa shape index (κ3) is 13.0. The number of hydrogen-bond donors (Lipinski definition) is 0. The summed E-state index contributed by atoms with van der Waals surface area (Å²) in [6.07, 6.45) is 3.58. The van der Waals surface area contributed by atoms with Crippen LogP contribution in [0.25, 0.3) is 0 Å². The summed E-state index contributed by atoms with van der Waals surface area (Å²) < 4.78 is 17.0. The van der Waals surface area contributed by atoms with E-state index in [4.69, 9.17) is 14.2 Å². The summed E-state index contributed by atoms with van der Waals surface area (Å²) >= 11 is 0. The van der Waals surface area contributed by atoms with Crippen LogP contribution in [0.1, 0.15) is 93.6 Å². The van der Waals surface area contributed by atoms with Gasteiger partial charge in [0.25, 0.3) is 0 Å². The number of carbonyl (C=O) groups is 3. The molecular weight excluding hydrogens is 496 g/mol. The van der Waals surface area contributed by atoms with E-state index in [9.17, 15) is 14.4 Å². The van der Waals surface area contributed by atoms with Crippen LogP contribution in [0.3, 0.4) is 0 Å². The number of ether oxygens (including phenoxy) is 3. The first-order valence-electron chi connectivity index (χ1n) is 14.1. The SMILES string of the molecule is CC(C)(C)OC(=O)CN(CC(=O)OC(C)(C)C)[C@@H]1CCCC[C@H]1N(CC(=O)OC(C)(C)C)Cc1ccccc1. The molecule has 8 nitrogen and oxygen atoms in total. The lowest BCUT2D eigenvalue weighted by Crippen LogP contribution is -2.57. The van der Waals surface area contributed by atoms with E-state index in [-0.39, 0.29) is 37.7 Å². The van der Waals surface area contributed by atoms with Crippen molar-refractivity contribution in [2.24, 2.45) is 0 Å². The van der Waals surface area contributed by atoms with Gasteiger partial charge in [-0.05, 0) is 80.7 Å². The molecule has 0 bridgehead atoms. The smallest absolute Gasteiger partial charge is 0.320 e. The maximum Gasteiger partial charge on any atom is 0.320 e. The molecule has 0 heterocycles. The highest BCUT2D eigenvalue weighted by molar-refractivity contribution is 5.75. The molecule has 1 aromatic carbocycles. The summed E-state index contributed by atoms with van der Waals surface area (Å²) in [7, 11) is 0. The first-order chi connectivity index (χ1) is 17.9. The fraction of sp³-hybridized carbons (Fsp3) is 0.710. The molecule has 1 aliphatic rings. The van der Waals surface area contributed by atoms with Gasteiger partial charge in [-0.1, -0.05) is 43.2 Å². The van der Waals surface area contributed by atoms with Crippen LogP contribution in [0.15, 0.2) is 30.3 Å². The Balaban J connectivity index is 2.39. The van der Waals surface area contributed by atoms with Crippen molar-refractivity contribution in [3.8, 4) is 0 Å². The molecule has 0 saturated heterocycles. The van der Waals surface area contributed by atoms with Crippen molar-refractivity contribution in [3.05, 3.63) is 35.9 Å². The Morgan fingerprint density at radius 1 is 0.641 bits per heavy atom. The van der Waals surface area contributed by atoms with Gasteiger partial charge in [0.2, 0.25) is 0 Å². The highest BCUT2D eigenvalue weighted by Crippen LogP contribution is 2.29. The van der Waals surface area contributed by atoms with E-state index >= 15 is 0 Å². The molecule has 0 aromatic heterocycles. The number of carbonyl (C=O) groups excluding carboxylic acids is 3. The summed E-state index contributed by atoms with van der Waals surface area (Å²) in [5.74, 6) is -1.08. The first kappa shape index (κ1) is 32.8. The average molecular weight is 547 g/mol. The predicted octanol–water partition coefficient (Wildman–Crippen LogP) is 5.13. The van der Waals surface area contributed by atoms with Crippen molar-refractivity contribution < 1.29 is 28.6 Å². The molecule has 0 amide bonds. The number of esters is 3. The summed E-state index contributed by atoms with van der Waals surface area (Å²) in [5.41, 5.74) is -0.801. The molecule has 0 unspecified atom stereocenters. The van der Waals surface area contributed by atoms with Crippen LogP contribution < -0.4 is 0 Å². The molecule has 0 radical (unpaired) electrons. The topological polar surface area (TPSA) is 85.4 Å². The molecule has 220 valence electrons. The standard InChI is InChI=1S/C31H50N2O6/c1-29(2,3)37-26(34)20-32(19-23-15-11-10-12-16-23)24-17-13-14-18-25(24)33(21-27(35)38-30(4,5)6)22-28(36)39-31(7,8)9/h10-12,15-16,24-25H,13-14,17-22H2,1-9H3/t24-,25-/m1/s1. The van der Waals surface area contributed by atoms with Crippen LogP contribution in [0.4, 0.5) is 0 Å². The lowest BCUT2D eigenvalue weighted by molar-refractivity contribution is -0.164. The molecule has 1 fully saturated rings. The number of rotatable bonds is 10. The molecule has 39 heavy (non-hydrogen) atoms. The Morgan fingerprint density at radius 2 is 1.00 bits per heavy atom. The predicted molar refractivity (Wildman–Crippen MR) is 152 cm³/mol. The van der Waals surface area contributed by atoms with E-state index in [2.05, 4.69) is 4.90 Å². The van der Waals surface area contributed by atoms with Crippen LogP contribution in [-0.2, 0) is 35.1 Å². The lowest BCUT2D eigenvalue weighted by Gasteiger charge is -2.44. The summed E-state index contributed by atoms with van der Waals surface area (Å²) in [6.45, 7) is 17.1. The van der Waals surface area contributed by atoms with Gasteiger partial charge in [-0.15, -0.1) is 0 Å². The highest BCUT2D eigenvalue weighted by atomic mass is 16.6. The van der Waals surface area contributed by atoms with Crippen molar-refractivity contribution >= 4 is 17.9 Å². The zero-order valence-electron chi connectivity index (χ0n) is 25.5. The van der Waals surface area contributed by atoms with Gasteiger partial charge in [-0.3, -0.25) is 24.2 Å². The van der Waals surface area contributed by atoms with E-state index in [0.717, 1.165) is 31.2 Å². The molecule has 1 aromatic rings. The van der Waals surface area contributed by atoms with Crippen LogP contribution >= 0.6 is 0 Å². The Bertz CT molecular complexity index is 913. The highest BCUT2D eigenvalue weighted by Gasteiger charge is 2.38. The van der Waals surface area contributed by atoms with Gasteiger partial charge in [0.05, 0.1) is 19.6 Å². The molecule has 2 atom stereocenters. The molecule has 2 rings (SSSR count). The Kier molecular flexibility index (Phi) is 11.6. The zero-order chi connectivity index (χ0) is 29.4. The van der Waals surface area contributed by atoms with E-state index in [0.29, 0.717) is 6.54 Å². The second-order valence-electron chi connectivity index (χ2n) is 13.5. The van der Waals surface area contributed by atoms with Gasteiger partial charge in [0.1, 0.15) is 16.8 Å². The minimum Gasteiger partial charge on any atom is -0.459 e. The third-order valence-electron chi connectivity index (χ3n) is 6.12. The number of nitrogens with zero attached hydrogens (tertiary/aromatic N) is 2. The Labute approximate surface area is 235 Å². The van der Waals surface area contributed by atoms with Gasteiger partial charge < -0.3 is 14.2 Å². The van der Waals surface area contributed by atoms with Crippen molar-refractivity contribution in [2.75, 3.05) is 19.6 Å². The second-order valence-corrected chi connectivity index (χ2v) is 13.5. The van der Waals surface area contributed by atoms with E-state index in [1.807, 2.05) is 97.5 Å². The molecular formula is C31H50N2O6. The Morgan fingerprint density at radius 3 is 1.38 bits per heavy atom. The third-order valence-corrected chi connectivity index (χ3v) is 6.12. The fourth-order valence-electron chi connectivity index (χ4n) is 4.96. The fourth-order valence-corrected chi connectivity index (χ4v) is 4.96. The lowest BCUT2D eigenvalue weighted by atomic mass is 9.87. The van der Waals surface area contributed by atoms with Gasteiger partial charge in [-0.25, -0.2) is 0 Å². The van der Waals surface area contributed by atoms with Gasteiger partial charge >= 0.3 is 17.9 Å². The monoisotopic (exact) mass is 546 g/mol. The molecule has 8 heteroatoms. The normalized spacial score (nSPS) is 18.6. The molecule has 1 aliphatic carbocycles. The zero-order valence-corrected chi connectivity index (χ0v) is 25.5. The number of benzene rings is 1. The molecule has 1 saturated carbocycles. The minimum absolute atomic E-state index is 0.0384. The van der Waals surface area contributed by atoms with Crippen LogP contribution in [0, 0.1) is 0 Å². The van der Waals surface area contributed by atoms with E-state index in [1.54, 1.807) is 0 Å². The quantitative estimate of drug-likeness (QED) is 0.295. The van der Waals surface area contributed by atoms with Crippen molar-refractivity contribution in [2.45, 2.75) is 123 Å². The largest absolute Gasteiger partial charge is 0.459 e. The van der Waals surface area contributed by atoms with Gasteiger partial charge in [0.15, 0.2) is 0 Å². The van der Waals surface area contributed by atoms with Crippen LogP contribution in [-0.4, -0.2) is 76.2 Å². The average Bonchev–Trinajstić information content (AvgIpc) is 2.75. The summed E-state index contributed by atoms with van der Waals surface area (Å²) in [6, 6.07) is 9.79. The summed E-state index contributed by atoms with van der Waals surface area (Å²) in [4.78, 5) is 43.0. The van der Waals surface area contributed by atoms with Gasteiger partial charge in [0, 0.05) is 18.6 Å². The van der Waals surface area contributed by atoms with Crippen LogP contribution in [0.2, 0.25) is 0 Å². The maximum atomic E-state index is 13.0. The van der Waals surface area contributed by atoms with Crippen molar-refractivity contribution in [3.63, 3.8) is 0 Å². The van der Waals surface area contributed by atoms with E-state index in [1.165, 1.54) is 0 Å². The molecule has 0 N–H and O–H groups in total. The first-order valence-corrected chi connectivity index (χ1v) is 14.1. The minimum atomic E-state index is -0.642. The van der Waals surface area contributed by atoms with E-state index < -0.39 is 28.7 Å². The second kappa shape index (κ2) is 13.8. The van der Waals surface area contributed by atoms with Crippen molar-refractivity contribution in [1.82, 2.24) is 9.80 Å². The van der Waals surface area contributed by atoms with Crippen molar-refractivity contribution in [1.29, 1.82) is 0 Å². The molecule has 0 aliphatic heterocycles. The van der Waals surface area contributed by atoms with Gasteiger partial charge in [-0.2, -0.15) is 0 Å². The summed E-state index contributed by atoms with van der Waals surface area (Å²) in [5, 5.41) is 0. The number of hydrogen-bond acceptors (Lipinski definition) is 8. The molecule has 0 spiro atoms. The van der Waals surface area contributed by atoms with Crippen LogP contribution in [0.5, 0.6) is 0 Å². The Hall–Kier alpha value is -2.45. The maximum absolute atomic E-state index is 13.0.